The minimum absolute atomic E-state index is 0.177. The third kappa shape index (κ3) is 4.31. The van der Waals surface area contributed by atoms with E-state index in [2.05, 4.69) is 51.4 Å². The lowest BCUT2D eigenvalue weighted by atomic mass is 9.84. The van der Waals surface area contributed by atoms with Crippen LogP contribution in [0.4, 0.5) is 0 Å². The molecule has 2 heterocycles. The predicted octanol–water partition coefficient (Wildman–Crippen LogP) is 2.92. The van der Waals surface area contributed by atoms with Crippen LogP contribution in [0.2, 0.25) is 0 Å². The average molecular weight is 438 g/mol. The first-order valence-corrected chi connectivity index (χ1v) is 11.1. The van der Waals surface area contributed by atoms with E-state index in [1.54, 1.807) is 10.9 Å². The monoisotopic (exact) mass is 437 g/mol. The number of hydrogen-bond acceptors (Lipinski definition) is 7. The lowest BCUT2D eigenvalue weighted by Crippen LogP contribution is -2.09. The highest BCUT2D eigenvalue weighted by molar-refractivity contribution is 5.91. The van der Waals surface area contributed by atoms with Crippen LogP contribution in [0.25, 0.3) is 5.69 Å². The Labute approximate surface area is 187 Å². The fraction of sp³-hybridized carbons (Fsp3) is 0.478. The Morgan fingerprint density at radius 1 is 1.16 bits per heavy atom. The van der Waals surface area contributed by atoms with Crippen LogP contribution in [-0.2, 0) is 11.8 Å². The Morgan fingerprint density at radius 3 is 2.62 bits per heavy atom. The molecule has 2 fully saturated rings. The van der Waals surface area contributed by atoms with E-state index in [0.29, 0.717) is 11.5 Å². The molecule has 2 unspecified atom stereocenters. The maximum atomic E-state index is 12.5. The summed E-state index contributed by atoms with van der Waals surface area (Å²) in [5.74, 6) is 8.70. The van der Waals surface area contributed by atoms with E-state index in [4.69, 9.17) is 4.74 Å². The Bertz CT molecular complexity index is 1070. The number of esters is 1. The first-order valence-electron chi connectivity index (χ1n) is 11.1. The van der Waals surface area contributed by atoms with Crippen molar-refractivity contribution in [2.24, 2.45) is 18.7 Å². The molecule has 0 radical (unpaired) electrons. The molecule has 9 heteroatoms. The molecule has 2 atom stereocenters. The van der Waals surface area contributed by atoms with Gasteiger partial charge >= 0.3 is 5.97 Å². The molecule has 3 aromatic rings. The molecule has 2 aliphatic rings. The number of rotatable bonds is 5. The molecule has 0 amide bonds. The standard InChI is InChI=1S/C23H27N5O2.H4N2/c1-27-14-21(25-26-27)18-12-19(18)22-20(23(29)30-2)13-24-28(22)17-10-6-9-16(11-17)15-7-4-3-5-8-15;1-2/h6,9-11,13-15,18-19H,3-5,7-8,12H2,1-2H3;1-2H2. The smallest absolute Gasteiger partial charge is 0.341 e. The fourth-order valence-electron chi connectivity index (χ4n) is 4.89. The second kappa shape index (κ2) is 9.62. The van der Waals surface area contributed by atoms with Gasteiger partial charge in [-0.05, 0) is 42.9 Å². The highest BCUT2D eigenvalue weighted by atomic mass is 16.5. The van der Waals surface area contributed by atoms with Gasteiger partial charge < -0.3 is 4.74 Å². The quantitative estimate of drug-likeness (QED) is 0.357. The molecular formula is C23H31N7O2. The summed E-state index contributed by atoms with van der Waals surface area (Å²) >= 11 is 0. The lowest BCUT2D eigenvalue weighted by molar-refractivity contribution is 0.0599. The van der Waals surface area contributed by atoms with Crippen LogP contribution < -0.4 is 11.7 Å². The van der Waals surface area contributed by atoms with E-state index in [1.807, 2.05) is 17.9 Å². The number of carbonyl (C=O) groups is 1. The average Bonchev–Trinajstić information content (AvgIpc) is 3.30. The van der Waals surface area contributed by atoms with Gasteiger partial charge in [-0.15, -0.1) is 5.10 Å². The fourth-order valence-corrected chi connectivity index (χ4v) is 4.89. The van der Waals surface area contributed by atoms with Crippen molar-refractivity contribution < 1.29 is 9.53 Å². The second-order valence-electron chi connectivity index (χ2n) is 8.54. The van der Waals surface area contributed by atoms with Crippen LogP contribution in [0.15, 0.2) is 36.7 Å². The van der Waals surface area contributed by atoms with Crippen LogP contribution in [0, 0.1) is 0 Å². The molecule has 0 bridgehead atoms. The van der Waals surface area contributed by atoms with Crippen molar-refractivity contribution in [3.8, 4) is 5.69 Å². The summed E-state index contributed by atoms with van der Waals surface area (Å²) in [5, 5.41) is 13.0. The number of nitrogens with two attached hydrogens (primary N) is 2. The van der Waals surface area contributed by atoms with E-state index in [-0.39, 0.29) is 17.8 Å². The molecule has 2 aromatic heterocycles. The van der Waals surface area contributed by atoms with Crippen molar-refractivity contribution in [3.63, 3.8) is 0 Å². The predicted molar refractivity (Wildman–Crippen MR) is 120 cm³/mol. The van der Waals surface area contributed by atoms with Gasteiger partial charge in [0.05, 0.1) is 30.4 Å². The number of hydrazine groups is 1. The summed E-state index contributed by atoms with van der Waals surface area (Å²) in [6, 6.07) is 8.65. The molecule has 2 saturated carbocycles. The van der Waals surface area contributed by atoms with Crippen LogP contribution in [0.1, 0.15) is 83.6 Å². The summed E-state index contributed by atoms with van der Waals surface area (Å²) < 4.78 is 8.69. The Kier molecular flexibility index (Phi) is 6.66. The number of hydrogen-bond donors (Lipinski definition) is 2. The van der Waals surface area contributed by atoms with Gasteiger partial charge in [0.2, 0.25) is 0 Å². The van der Waals surface area contributed by atoms with E-state index in [0.717, 1.165) is 23.5 Å². The van der Waals surface area contributed by atoms with Crippen molar-refractivity contribution in [1.82, 2.24) is 24.8 Å². The van der Waals surface area contributed by atoms with E-state index in [1.165, 1.54) is 44.8 Å². The maximum absolute atomic E-state index is 12.5. The van der Waals surface area contributed by atoms with Gasteiger partial charge in [0.1, 0.15) is 5.56 Å². The molecule has 1 aromatic carbocycles. The molecule has 9 nitrogen and oxygen atoms in total. The van der Waals surface area contributed by atoms with Gasteiger partial charge in [-0.3, -0.25) is 16.4 Å². The molecular weight excluding hydrogens is 406 g/mol. The van der Waals surface area contributed by atoms with Crippen molar-refractivity contribution >= 4 is 5.97 Å². The number of nitrogens with zero attached hydrogens (tertiary/aromatic N) is 5. The summed E-state index contributed by atoms with van der Waals surface area (Å²) in [7, 11) is 3.29. The molecule has 32 heavy (non-hydrogen) atoms. The van der Waals surface area contributed by atoms with Gasteiger partial charge in [0, 0.05) is 25.1 Å². The SMILES string of the molecule is COC(=O)c1cnn(-c2cccc(C3CCCCC3)c2)c1C1CC1c1cn(C)nn1.NN. The minimum atomic E-state index is -0.343. The van der Waals surface area contributed by atoms with Crippen LogP contribution in [-0.4, -0.2) is 37.9 Å². The number of aryl methyl sites for hydroxylation is 1. The van der Waals surface area contributed by atoms with Crippen molar-refractivity contribution in [2.45, 2.75) is 56.3 Å². The van der Waals surface area contributed by atoms with E-state index >= 15 is 0 Å². The number of aromatic nitrogens is 5. The summed E-state index contributed by atoms with van der Waals surface area (Å²) in [5.41, 5.74) is 4.79. The topological polar surface area (TPSA) is 127 Å². The van der Waals surface area contributed by atoms with Gasteiger partial charge in [0.25, 0.3) is 0 Å². The first-order chi connectivity index (χ1) is 15.7. The van der Waals surface area contributed by atoms with E-state index < -0.39 is 0 Å². The molecule has 2 aliphatic carbocycles. The molecule has 0 spiro atoms. The molecule has 4 N–H and O–H groups in total. The highest BCUT2D eigenvalue weighted by Gasteiger charge is 2.46. The van der Waals surface area contributed by atoms with Gasteiger partial charge in [-0.2, -0.15) is 5.10 Å². The molecule has 0 aliphatic heterocycles. The number of ether oxygens (including phenoxy) is 1. The number of carbonyl (C=O) groups excluding carboxylic acids is 1. The first kappa shape index (κ1) is 22.2. The second-order valence-corrected chi connectivity index (χ2v) is 8.54. The third-order valence-corrected chi connectivity index (χ3v) is 6.55. The zero-order valence-electron chi connectivity index (χ0n) is 18.6. The maximum Gasteiger partial charge on any atom is 0.341 e. The summed E-state index contributed by atoms with van der Waals surface area (Å²) in [4.78, 5) is 12.5. The summed E-state index contributed by atoms with van der Waals surface area (Å²) in [6.07, 6.45) is 11.0. The largest absolute Gasteiger partial charge is 0.465 e. The Hall–Kier alpha value is -3.04. The molecule has 5 rings (SSSR count). The van der Waals surface area contributed by atoms with Gasteiger partial charge in [-0.1, -0.05) is 36.6 Å². The summed E-state index contributed by atoms with van der Waals surface area (Å²) in [6.45, 7) is 0. The Balaban J connectivity index is 0.00000119. The number of benzene rings is 1. The molecule has 170 valence electrons. The van der Waals surface area contributed by atoms with Crippen molar-refractivity contribution in [3.05, 3.63) is 59.2 Å². The van der Waals surface area contributed by atoms with Crippen molar-refractivity contribution in [1.29, 1.82) is 0 Å². The van der Waals surface area contributed by atoms with Gasteiger partial charge in [-0.25, -0.2) is 9.48 Å². The van der Waals surface area contributed by atoms with Gasteiger partial charge in [0.15, 0.2) is 0 Å². The molecule has 0 saturated heterocycles. The Morgan fingerprint density at radius 2 is 1.94 bits per heavy atom. The number of methoxy groups -OCH3 is 1. The zero-order valence-corrected chi connectivity index (χ0v) is 18.6. The van der Waals surface area contributed by atoms with Crippen molar-refractivity contribution in [2.75, 3.05) is 7.11 Å². The minimum Gasteiger partial charge on any atom is -0.465 e. The normalized spacial score (nSPS) is 20.4. The zero-order chi connectivity index (χ0) is 22.7. The highest BCUT2D eigenvalue weighted by Crippen LogP contribution is 2.55. The van der Waals surface area contributed by atoms with Crippen LogP contribution in [0.3, 0.4) is 0 Å². The third-order valence-electron chi connectivity index (χ3n) is 6.55. The van der Waals surface area contributed by atoms with Crippen LogP contribution in [0.5, 0.6) is 0 Å². The van der Waals surface area contributed by atoms with Crippen LogP contribution >= 0.6 is 0 Å². The van der Waals surface area contributed by atoms with E-state index in [9.17, 15) is 4.79 Å². The lowest BCUT2D eigenvalue weighted by Gasteiger charge is -2.22.